The van der Waals surface area contributed by atoms with Gasteiger partial charge in [-0.15, -0.1) is 12.4 Å². The number of sulfone groups is 1. The summed E-state index contributed by atoms with van der Waals surface area (Å²) in [5, 5.41) is 6.22. The maximum atomic E-state index is 12.0. The Morgan fingerprint density at radius 1 is 1.27 bits per heavy atom. The molecule has 0 aliphatic carbocycles. The lowest BCUT2D eigenvalue weighted by Gasteiger charge is -2.27. The average molecular weight is 405 g/mol. The molecule has 2 N–H and O–H groups in total. The lowest BCUT2D eigenvalue weighted by atomic mass is 9.84. The van der Waals surface area contributed by atoms with Gasteiger partial charge in [0.05, 0.1) is 11.4 Å². The fourth-order valence-corrected chi connectivity index (χ4v) is 3.72. The molecule has 1 amide bonds. The normalized spacial score (nSPS) is 16.4. The number of rotatable bonds is 8. The third kappa shape index (κ3) is 7.51. The van der Waals surface area contributed by atoms with Crippen LogP contribution in [0.3, 0.4) is 0 Å². The molecule has 148 valence electrons. The lowest BCUT2D eigenvalue weighted by Crippen LogP contribution is -2.34. The number of piperidine rings is 1. The number of amides is 1. The minimum absolute atomic E-state index is 0. The second kappa shape index (κ2) is 10.7. The second-order valence-electron chi connectivity index (χ2n) is 6.71. The van der Waals surface area contributed by atoms with Crippen molar-refractivity contribution in [3.05, 3.63) is 24.3 Å². The second-order valence-corrected chi connectivity index (χ2v) is 8.73. The van der Waals surface area contributed by atoms with Gasteiger partial charge < -0.3 is 15.4 Å². The highest BCUT2D eigenvalue weighted by molar-refractivity contribution is 7.90. The average Bonchev–Trinajstić information content (AvgIpc) is 2.59. The van der Waals surface area contributed by atoms with Gasteiger partial charge in [0.25, 0.3) is 0 Å². The number of carbonyl (C=O) groups is 1. The summed E-state index contributed by atoms with van der Waals surface area (Å²) >= 11 is 0. The van der Waals surface area contributed by atoms with Crippen molar-refractivity contribution < 1.29 is 17.9 Å². The van der Waals surface area contributed by atoms with Crippen LogP contribution in [0.1, 0.15) is 26.2 Å². The smallest absolute Gasteiger partial charge is 0.220 e. The molecule has 1 heterocycles. The summed E-state index contributed by atoms with van der Waals surface area (Å²) < 4.78 is 28.3. The zero-order valence-corrected chi connectivity index (χ0v) is 17.0. The minimum Gasteiger partial charge on any atom is -0.492 e. The Kier molecular flexibility index (Phi) is 9.39. The van der Waals surface area contributed by atoms with E-state index in [-0.39, 0.29) is 23.2 Å². The van der Waals surface area contributed by atoms with E-state index >= 15 is 0 Å². The van der Waals surface area contributed by atoms with Gasteiger partial charge in [-0.2, -0.15) is 0 Å². The molecular formula is C18H29ClN2O4S. The third-order valence-electron chi connectivity index (χ3n) is 4.64. The zero-order valence-electron chi connectivity index (χ0n) is 15.4. The van der Waals surface area contributed by atoms with Gasteiger partial charge in [0.15, 0.2) is 9.84 Å². The molecule has 6 nitrogen and oxygen atoms in total. The van der Waals surface area contributed by atoms with E-state index in [0.29, 0.717) is 37.2 Å². The zero-order chi connectivity index (χ0) is 18.3. The summed E-state index contributed by atoms with van der Waals surface area (Å²) in [5.41, 5.74) is 0. The van der Waals surface area contributed by atoms with Gasteiger partial charge in [-0.3, -0.25) is 4.79 Å². The summed E-state index contributed by atoms with van der Waals surface area (Å²) in [6.45, 7) is 5.03. The van der Waals surface area contributed by atoms with E-state index in [4.69, 9.17) is 4.74 Å². The first-order chi connectivity index (χ1) is 11.9. The highest BCUT2D eigenvalue weighted by atomic mass is 35.5. The topological polar surface area (TPSA) is 84.5 Å². The van der Waals surface area contributed by atoms with E-state index in [0.717, 1.165) is 25.9 Å². The van der Waals surface area contributed by atoms with Crippen molar-refractivity contribution in [1.29, 1.82) is 0 Å². The SMILES string of the molecule is CC(CC(=O)NCCOc1ccc(S(C)(=O)=O)cc1)C1CCNCC1.Cl. The summed E-state index contributed by atoms with van der Waals surface area (Å²) in [6, 6.07) is 6.28. The van der Waals surface area contributed by atoms with Gasteiger partial charge in [0.1, 0.15) is 12.4 Å². The van der Waals surface area contributed by atoms with Crippen molar-refractivity contribution in [2.24, 2.45) is 11.8 Å². The monoisotopic (exact) mass is 404 g/mol. The first kappa shape index (κ1) is 22.7. The summed E-state index contributed by atoms with van der Waals surface area (Å²) in [6.07, 6.45) is 4.00. The Hall–Kier alpha value is -1.31. The van der Waals surface area contributed by atoms with Crippen LogP contribution in [-0.2, 0) is 14.6 Å². The van der Waals surface area contributed by atoms with Crippen molar-refractivity contribution in [3.63, 3.8) is 0 Å². The fourth-order valence-electron chi connectivity index (χ4n) is 3.09. The molecule has 0 radical (unpaired) electrons. The van der Waals surface area contributed by atoms with Crippen LogP contribution in [0.5, 0.6) is 5.75 Å². The molecule has 1 aliphatic rings. The number of ether oxygens (including phenoxy) is 1. The van der Waals surface area contributed by atoms with Crippen LogP contribution in [-0.4, -0.2) is 46.8 Å². The molecule has 0 spiro atoms. The van der Waals surface area contributed by atoms with Crippen molar-refractivity contribution in [2.75, 3.05) is 32.5 Å². The maximum absolute atomic E-state index is 12.0. The number of carbonyl (C=O) groups excluding carboxylic acids is 1. The van der Waals surface area contributed by atoms with Crippen LogP contribution in [0.2, 0.25) is 0 Å². The molecule has 1 aliphatic heterocycles. The summed E-state index contributed by atoms with van der Waals surface area (Å²) in [4.78, 5) is 12.3. The van der Waals surface area contributed by atoms with E-state index in [1.54, 1.807) is 12.1 Å². The van der Waals surface area contributed by atoms with Gasteiger partial charge in [0, 0.05) is 12.7 Å². The van der Waals surface area contributed by atoms with E-state index in [9.17, 15) is 13.2 Å². The first-order valence-corrected chi connectivity index (χ1v) is 10.7. The van der Waals surface area contributed by atoms with Crippen LogP contribution in [0.15, 0.2) is 29.2 Å². The van der Waals surface area contributed by atoms with Gasteiger partial charge in [-0.25, -0.2) is 8.42 Å². The Labute approximate surface area is 162 Å². The lowest BCUT2D eigenvalue weighted by molar-refractivity contribution is -0.122. The number of hydrogen-bond acceptors (Lipinski definition) is 5. The third-order valence-corrected chi connectivity index (χ3v) is 5.77. The Morgan fingerprint density at radius 2 is 1.88 bits per heavy atom. The van der Waals surface area contributed by atoms with Crippen LogP contribution < -0.4 is 15.4 Å². The van der Waals surface area contributed by atoms with Crippen LogP contribution in [0, 0.1) is 11.8 Å². The number of benzene rings is 1. The van der Waals surface area contributed by atoms with E-state index in [1.165, 1.54) is 18.4 Å². The molecule has 1 fully saturated rings. The number of halogens is 1. The molecule has 1 saturated heterocycles. The van der Waals surface area contributed by atoms with Gasteiger partial charge >= 0.3 is 0 Å². The highest BCUT2D eigenvalue weighted by Crippen LogP contribution is 2.24. The standard InChI is InChI=1S/C18H28N2O4S.ClH/c1-14(15-7-9-19-10-8-15)13-18(21)20-11-12-24-16-3-5-17(6-4-16)25(2,22)23;/h3-6,14-15,19H,7-13H2,1-2H3,(H,20,21);1H. The van der Waals surface area contributed by atoms with Crippen LogP contribution >= 0.6 is 12.4 Å². The van der Waals surface area contributed by atoms with E-state index in [2.05, 4.69) is 17.6 Å². The molecule has 0 saturated carbocycles. The predicted molar refractivity (Wildman–Crippen MR) is 105 cm³/mol. The molecule has 0 bridgehead atoms. The first-order valence-electron chi connectivity index (χ1n) is 8.76. The molecule has 8 heteroatoms. The Morgan fingerprint density at radius 3 is 2.46 bits per heavy atom. The van der Waals surface area contributed by atoms with Crippen molar-refractivity contribution in [3.8, 4) is 5.75 Å². The Balaban J connectivity index is 0.00000338. The molecule has 0 aromatic heterocycles. The molecule has 1 atom stereocenters. The van der Waals surface area contributed by atoms with Crippen molar-refractivity contribution >= 4 is 28.2 Å². The Bertz CT molecular complexity index is 658. The van der Waals surface area contributed by atoms with Gasteiger partial charge in [-0.05, 0) is 62.0 Å². The maximum Gasteiger partial charge on any atom is 0.220 e. The van der Waals surface area contributed by atoms with Crippen LogP contribution in [0.4, 0.5) is 0 Å². The van der Waals surface area contributed by atoms with Crippen LogP contribution in [0.25, 0.3) is 0 Å². The number of nitrogens with one attached hydrogen (secondary N) is 2. The largest absolute Gasteiger partial charge is 0.492 e. The molecule has 1 aromatic rings. The summed E-state index contributed by atoms with van der Waals surface area (Å²) in [5.74, 6) is 1.66. The van der Waals surface area contributed by atoms with E-state index < -0.39 is 9.84 Å². The fraction of sp³-hybridized carbons (Fsp3) is 0.611. The minimum atomic E-state index is -3.19. The molecule has 1 unspecified atom stereocenters. The number of hydrogen-bond donors (Lipinski definition) is 2. The van der Waals surface area contributed by atoms with Gasteiger partial charge in [-0.1, -0.05) is 6.92 Å². The molecular weight excluding hydrogens is 376 g/mol. The highest BCUT2D eigenvalue weighted by Gasteiger charge is 2.21. The van der Waals surface area contributed by atoms with Gasteiger partial charge in [0.2, 0.25) is 5.91 Å². The van der Waals surface area contributed by atoms with E-state index in [1.807, 2.05) is 0 Å². The van der Waals surface area contributed by atoms with Crippen molar-refractivity contribution in [2.45, 2.75) is 31.1 Å². The predicted octanol–water partition coefficient (Wildman–Crippen LogP) is 2.03. The molecule has 2 rings (SSSR count). The summed E-state index contributed by atoms with van der Waals surface area (Å²) in [7, 11) is -3.19. The molecule has 26 heavy (non-hydrogen) atoms. The quantitative estimate of drug-likeness (QED) is 0.647. The molecule has 1 aromatic carbocycles. The van der Waals surface area contributed by atoms with Crippen molar-refractivity contribution in [1.82, 2.24) is 10.6 Å².